The second-order valence-electron chi connectivity index (χ2n) is 8.27. The van der Waals surface area contributed by atoms with Crippen LogP contribution in [0.1, 0.15) is 56.4 Å². The van der Waals surface area contributed by atoms with Crippen LogP contribution < -0.4 is 4.74 Å². The first-order chi connectivity index (χ1) is 10.0. The summed E-state index contributed by atoms with van der Waals surface area (Å²) in [5.41, 5.74) is 2.18. The number of halogens is 1. The average molecular weight is 305 g/mol. The number of benzene rings is 1. The molecule has 4 aliphatic carbocycles. The third-order valence-corrected chi connectivity index (χ3v) is 7.06. The van der Waals surface area contributed by atoms with Crippen LogP contribution in [-0.4, -0.2) is 7.11 Å². The van der Waals surface area contributed by atoms with Crippen molar-refractivity contribution >= 4 is 11.6 Å². The van der Waals surface area contributed by atoms with Gasteiger partial charge in [-0.25, -0.2) is 0 Å². The predicted octanol–water partition coefficient (Wildman–Crippen LogP) is 5.58. The van der Waals surface area contributed by atoms with Gasteiger partial charge in [0.1, 0.15) is 5.75 Å². The molecule has 1 nitrogen and oxygen atoms in total. The maximum atomic E-state index is 7.04. The molecule has 0 saturated heterocycles. The lowest BCUT2D eigenvalue weighted by Crippen LogP contribution is -2.52. The molecule has 3 unspecified atom stereocenters. The highest BCUT2D eigenvalue weighted by atomic mass is 35.5. The fourth-order valence-corrected chi connectivity index (χ4v) is 6.62. The van der Waals surface area contributed by atoms with E-state index in [0.717, 1.165) is 17.6 Å². The third-order valence-electron chi connectivity index (χ3n) is 6.34. The Bertz CT molecular complexity index is 521. The quantitative estimate of drug-likeness (QED) is 0.662. The van der Waals surface area contributed by atoms with Crippen LogP contribution in [0.2, 0.25) is 0 Å². The van der Waals surface area contributed by atoms with E-state index in [1.807, 2.05) is 12.1 Å². The van der Waals surface area contributed by atoms with Gasteiger partial charge in [-0.15, -0.1) is 11.6 Å². The van der Waals surface area contributed by atoms with E-state index in [9.17, 15) is 0 Å². The second kappa shape index (κ2) is 4.65. The lowest BCUT2D eigenvalue weighted by atomic mass is 9.43. The van der Waals surface area contributed by atoms with Crippen molar-refractivity contribution in [3.63, 3.8) is 0 Å². The van der Waals surface area contributed by atoms with Gasteiger partial charge in [0, 0.05) is 0 Å². The summed E-state index contributed by atoms with van der Waals surface area (Å²) in [7, 11) is 1.72. The molecule has 4 aliphatic rings. The van der Waals surface area contributed by atoms with Crippen molar-refractivity contribution in [2.45, 2.75) is 50.8 Å². The Morgan fingerprint density at radius 2 is 1.71 bits per heavy atom. The Hall–Kier alpha value is -0.690. The zero-order valence-electron chi connectivity index (χ0n) is 13.1. The summed E-state index contributed by atoms with van der Waals surface area (Å²) in [4.78, 5) is 0. The van der Waals surface area contributed by atoms with Gasteiger partial charge in [-0.05, 0) is 78.9 Å². The largest absolute Gasteiger partial charge is 0.497 e. The molecule has 4 bridgehead atoms. The van der Waals surface area contributed by atoms with E-state index in [2.05, 4.69) is 19.1 Å². The molecule has 4 fully saturated rings. The van der Waals surface area contributed by atoms with Gasteiger partial charge in [-0.3, -0.25) is 0 Å². The number of methoxy groups -OCH3 is 1. The van der Waals surface area contributed by atoms with Gasteiger partial charge < -0.3 is 4.74 Å². The lowest BCUT2D eigenvalue weighted by Gasteiger charge is -2.62. The smallest absolute Gasteiger partial charge is 0.118 e. The number of hydrogen-bond acceptors (Lipinski definition) is 1. The van der Waals surface area contributed by atoms with E-state index >= 15 is 0 Å². The topological polar surface area (TPSA) is 9.23 Å². The van der Waals surface area contributed by atoms with Gasteiger partial charge in [-0.1, -0.05) is 19.1 Å². The molecule has 0 spiro atoms. The van der Waals surface area contributed by atoms with Crippen LogP contribution in [0.15, 0.2) is 24.3 Å². The molecule has 0 N–H and O–H groups in total. The number of alkyl halides is 1. The van der Waals surface area contributed by atoms with Crippen LogP contribution in [0.4, 0.5) is 0 Å². The second-order valence-corrected chi connectivity index (χ2v) is 8.71. The third kappa shape index (κ3) is 2.20. The Labute approximate surface area is 133 Å². The van der Waals surface area contributed by atoms with Crippen molar-refractivity contribution in [2.75, 3.05) is 7.11 Å². The molecule has 4 saturated carbocycles. The van der Waals surface area contributed by atoms with Crippen molar-refractivity contribution in [1.82, 2.24) is 0 Å². The van der Waals surface area contributed by atoms with Gasteiger partial charge in [0.05, 0.1) is 12.5 Å². The Morgan fingerprint density at radius 1 is 1.10 bits per heavy atom. The number of ether oxygens (including phenoxy) is 1. The number of hydrogen-bond donors (Lipinski definition) is 0. The first kappa shape index (κ1) is 13.9. The first-order valence-electron chi connectivity index (χ1n) is 8.30. The van der Waals surface area contributed by atoms with Gasteiger partial charge in [0.2, 0.25) is 0 Å². The van der Waals surface area contributed by atoms with Gasteiger partial charge in [0.25, 0.3) is 0 Å². The molecule has 0 amide bonds. The highest BCUT2D eigenvalue weighted by molar-refractivity contribution is 6.21. The molecule has 21 heavy (non-hydrogen) atoms. The van der Waals surface area contributed by atoms with Crippen molar-refractivity contribution in [1.29, 1.82) is 0 Å². The van der Waals surface area contributed by atoms with Crippen LogP contribution in [-0.2, 0) is 0 Å². The zero-order chi connectivity index (χ0) is 14.7. The maximum absolute atomic E-state index is 7.04. The van der Waals surface area contributed by atoms with Crippen molar-refractivity contribution < 1.29 is 4.74 Å². The summed E-state index contributed by atoms with van der Waals surface area (Å²) < 4.78 is 5.27. The molecule has 1 aromatic rings. The number of rotatable bonds is 3. The van der Waals surface area contributed by atoms with Gasteiger partial charge >= 0.3 is 0 Å². The normalized spacial score (nSPS) is 42.0. The van der Waals surface area contributed by atoms with Crippen LogP contribution in [0.5, 0.6) is 5.75 Å². The first-order valence-corrected chi connectivity index (χ1v) is 8.74. The average Bonchev–Trinajstić information content (AvgIpc) is 2.44. The highest BCUT2D eigenvalue weighted by Gasteiger charge is 2.58. The molecule has 3 atom stereocenters. The molecule has 0 aromatic heterocycles. The van der Waals surface area contributed by atoms with E-state index in [1.54, 1.807) is 7.11 Å². The van der Waals surface area contributed by atoms with E-state index < -0.39 is 0 Å². The Balaban J connectivity index is 1.65. The van der Waals surface area contributed by atoms with Crippen molar-refractivity contribution in [2.24, 2.45) is 22.7 Å². The minimum atomic E-state index is 0.161. The summed E-state index contributed by atoms with van der Waals surface area (Å²) >= 11 is 7.04. The van der Waals surface area contributed by atoms with E-state index in [0.29, 0.717) is 10.8 Å². The van der Waals surface area contributed by atoms with E-state index in [1.165, 1.54) is 44.1 Å². The fourth-order valence-electron chi connectivity index (χ4n) is 6.22. The highest BCUT2D eigenvalue weighted by Crippen LogP contribution is 2.69. The molecule has 0 aliphatic heterocycles. The summed E-state index contributed by atoms with van der Waals surface area (Å²) in [6.45, 7) is 2.51. The van der Waals surface area contributed by atoms with Crippen LogP contribution in [0.25, 0.3) is 0 Å². The molecular formula is C19H25ClO. The maximum Gasteiger partial charge on any atom is 0.118 e. The molecule has 0 heterocycles. The zero-order valence-corrected chi connectivity index (χ0v) is 13.8. The molecule has 2 heteroatoms. The predicted molar refractivity (Wildman–Crippen MR) is 86.8 cm³/mol. The van der Waals surface area contributed by atoms with Crippen molar-refractivity contribution in [3.8, 4) is 5.75 Å². The van der Waals surface area contributed by atoms with Crippen LogP contribution >= 0.6 is 11.6 Å². The monoisotopic (exact) mass is 304 g/mol. The molecule has 1 aromatic carbocycles. The Morgan fingerprint density at radius 3 is 2.24 bits per heavy atom. The molecule has 5 rings (SSSR count). The summed E-state index contributed by atoms with van der Waals surface area (Å²) in [6.07, 6.45) is 8.37. The van der Waals surface area contributed by atoms with Crippen LogP contribution in [0.3, 0.4) is 0 Å². The standard InChI is InChI=1S/C19H25ClO/c1-18-8-13-7-14(9-18)11-19(10-13,12-18)17(20)15-3-5-16(21-2)6-4-15/h3-6,13-14,17H,7-12H2,1-2H3. The molecule has 114 valence electrons. The lowest BCUT2D eigenvalue weighted by molar-refractivity contribution is -0.103. The summed E-state index contributed by atoms with van der Waals surface area (Å²) in [5.74, 6) is 2.77. The van der Waals surface area contributed by atoms with Crippen LogP contribution in [0, 0.1) is 22.7 Å². The summed E-state index contributed by atoms with van der Waals surface area (Å²) in [6, 6.07) is 8.43. The minimum absolute atomic E-state index is 0.161. The SMILES string of the molecule is COc1ccc(C(Cl)C23CC4CC(CC(C)(C4)C2)C3)cc1. The van der Waals surface area contributed by atoms with E-state index in [-0.39, 0.29) is 5.38 Å². The van der Waals surface area contributed by atoms with E-state index in [4.69, 9.17) is 16.3 Å². The van der Waals surface area contributed by atoms with Crippen molar-refractivity contribution in [3.05, 3.63) is 29.8 Å². The molecule has 0 radical (unpaired) electrons. The van der Waals surface area contributed by atoms with Gasteiger partial charge in [-0.2, -0.15) is 0 Å². The molecular weight excluding hydrogens is 280 g/mol. The summed E-state index contributed by atoms with van der Waals surface area (Å²) in [5, 5.41) is 0.161. The minimum Gasteiger partial charge on any atom is -0.497 e. The Kier molecular flexibility index (Phi) is 3.09. The van der Waals surface area contributed by atoms with Gasteiger partial charge in [0.15, 0.2) is 0 Å². The fraction of sp³-hybridized carbons (Fsp3) is 0.684.